The molecular weight excluding hydrogens is 206 g/mol. The molecule has 0 aliphatic heterocycles. The third-order valence-electron chi connectivity index (χ3n) is 3.68. The fourth-order valence-corrected chi connectivity index (χ4v) is 2.54. The second-order valence-corrected chi connectivity index (χ2v) is 5.62. The second kappa shape index (κ2) is 4.14. The van der Waals surface area contributed by atoms with Crippen molar-refractivity contribution in [3.63, 3.8) is 0 Å². The number of allylic oxidation sites excluding steroid dienone is 1. The van der Waals surface area contributed by atoms with E-state index in [1.165, 1.54) is 22.3 Å². The van der Waals surface area contributed by atoms with Gasteiger partial charge >= 0.3 is 0 Å². The molecule has 0 saturated heterocycles. The third kappa shape index (κ3) is 2.19. The molecule has 1 aliphatic rings. The first kappa shape index (κ1) is 12.1. The molecular formula is C16H21N. The number of fused-ring (bicyclic) bond motifs is 1. The van der Waals surface area contributed by atoms with E-state index in [4.69, 9.17) is 0 Å². The molecule has 0 N–H and O–H groups in total. The van der Waals surface area contributed by atoms with Gasteiger partial charge in [-0.2, -0.15) is 0 Å². The summed E-state index contributed by atoms with van der Waals surface area (Å²) < 4.78 is 0. The Kier molecular flexibility index (Phi) is 2.94. The number of aliphatic imine (C=N–C) groups is 1. The number of nitrogens with zero attached hydrogens (tertiary/aromatic N) is 1. The van der Waals surface area contributed by atoms with Gasteiger partial charge in [-0.15, -0.1) is 0 Å². The predicted molar refractivity (Wildman–Crippen MR) is 75.8 cm³/mol. The smallest absolute Gasteiger partial charge is 0.0389 e. The van der Waals surface area contributed by atoms with Crippen LogP contribution in [-0.2, 0) is 6.42 Å². The van der Waals surface area contributed by atoms with Crippen molar-refractivity contribution in [2.75, 3.05) is 7.05 Å². The Balaban J connectivity index is 2.55. The summed E-state index contributed by atoms with van der Waals surface area (Å²) in [5.41, 5.74) is 6.89. The van der Waals surface area contributed by atoms with Crippen LogP contribution in [0.25, 0.3) is 6.08 Å². The Labute approximate surface area is 104 Å². The van der Waals surface area contributed by atoms with Gasteiger partial charge in [0.05, 0.1) is 0 Å². The highest BCUT2D eigenvalue weighted by molar-refractivity contribution is 6.00. The number of benzene rings is 1. The molecule has 1 aromatic carbocycles. The SMILES string of the molecule is C/N=C(\C)c1ccc2c(c1C)C=CC(C)(C)C2. The minimum absolute atomic E-state index is 0.287. The van der Waals surface area contributed by atoms with Crippen molar-refractivity contribution in [3.8, 4) is 0 Å². The van der Waals surface area contributed by atoms with Gasteiger partial charge in [0, 0.05) is 12.8 Å². The average molecular weight is 227 g/mol. The van der Waals surface area contributed by atoms with Gasteiger partial charge in [-0.3, -0.25) is 4.99 Å². The van der Waals surface area contributed by atoms with E-state index in [2.05, 4.69) is 57.0 Å². The van der Waals surface area contributed by atoms with E-state index >= 15 is 0 Å². The van der Waals surface area contributed by atoms with Gasteiger partial charge in [0.25, 0.3) is 0 Å². The van der Waals surface area contributed by atoms with Gasteiger partial charge in [0.15, 0.2) is 0 Å². The van der Waals surface area contributed by atoms with Gasteiger partial charge < -0.3 is 0 Å². The molecule has 0 spiro atoms. The van der Waals surface area contributed by atoms with Crippen LogP contribution in [0.4, 0.5) is 0 Å². The van der Waals surface area contributed by atoms with Crippen LogP contribution in [0.5, 0.6) is 0 Å². The van der Waals surface area contributed by atoms with Crippen molar-refractivity contribution < 1.29 is 0 Å². The Bertz CT molecular complexity index is 505. The van der Waals surface area contributed by atoms with Crippen molar-refractivity contribution in [1.82, 2.24) is 0 Å². The van der Waals surface area contributed by atoms with Crippen molar-refractivity contribution in [2.45, 2.75) is 34.1 Å². The minimum atomic E-state index is 0.287. The summed E-state index contributed by atoms with van der Waals surface area (Å²) in [5.74, 6) is 0. The molecule has 1 heteroatoms. The zero-order chi connectivity index (χ0) is 12.6. The third-order valence-corrected chi connectivity index (χ3v) is 3.68. The fraction of sp³-hybridized carbons (Fsp3) is 0.438. The van der Waals surface area contributed by atoms with Gasteiger partial charge in [0.2, 0.25) is 0 Å². The van der Waals surface area contributed by atoms with Crippen molar-refractivity contribution >= 4 is 11.8 Å². The first-order valence-electron chi connectivity index (χ1n) is 6.20. The topological polar surface area (TPSA) is 12.4 Å². The lowest BCUT2D eigenvalue weighted by molar-refractivity contribution is 0.474. The monoisotopic (exact) mass is 227 g/mol. The molecule has 1 aromatic rings. The van der Waals surface area contributed by atoms with Crippen molar-refractivity contribution in [2.24, 2.45) is 10.4 Å². The lowest BCUT2D eigenvalue weighted by atomic mass is 9.77. The maximum absolute atomic E-state index is 4.29. The molecule has 0 aromatic heterocycles. The molecule has 2 rings (SSSR count). The molecule has 0 unspecified atom stereocenters. The van der Waals surface area contributed by atoms with E-state index in [0.717, 1.165) is 12.1 Å². The highest BCUT2D eigenvalue weighted by atomic mass is 14.7. The van der Waals surface area contributed by atoms with Gasteiger partial charge in [0.1, 0.15) is 0 Å². The summed E-state index contributed by atoms with van der Waals surface area (Å²) in [5, 5.41) is 0. The number of hydrogen-bond acceptors (Lipinski definition) is 1. The van der Waals surface area contributed by atoms with Crippen LogP contribution < -0.4 is 0 Å². The quantitative estimate of drug-likeness (QED) is 0.642. The summed E-state index contributed by atoms with van der Waals surface area (Å²) in [7, 11) is 1.85. The first-order chi connectivity index (χ1) is 7.94. The van der Waals surface area contributed by atoms with Crippen LogP contribution in [0, 0.1) is 12.3 Å². The highest BCUT2D eigenvalue weighted by Crippen LogP contribution is 2.34. The van der Waals surface area contributed by atoms with Crippen molar-refractivity contribution in [3.05, 3.63) is 40.5 Å². The maximum atomic E-state index is 4.29. The molecule has 90 valence electrons. The summed E-state index contributed by atoms with van der Waals surface area (Å²) in [6.07, 6.45) is 5.73. The maximum Gasteiger partial charge on any atom is 0.0389 e. The fourth-order valence-electron chi connectivity index (χ4n) is 2.54. The molecule has 0 fully saturated rings. The average Bonchev–Trinajstić information content (AvgIpc) is 2.27. The van der Waals surface area contributed by atoms with E-state index in [1.807, 2.05) is 7.05 Å². The molecule has 17 heavy (non-hydrogen) atoms. The zero-order valence-corrected chi connectivity index (χ0v) is 11.5. The normalized spacial score (nSPS) is 18.1. The van der Waals surface area contributed by atoms with Gasteiger partial charge in [-0.05, 0) is 47.9 Å². The Morgan fingerprint density at radius 2 is 2.00 bits per heavy atom. The number of hydrogen-bond donors (Lipinski definition) is 0. The van der Waals surface area contributed by atoms with Crippen LogP contribution in [0.2, 0.25) is 0 Å². The van der Waals surface area contributed by atoms with E-state index in [-0.39, 0.29) is 5.41 Å². The largest absolute Gasteiger partial charge is 0.293 e. The Morgan fingerprint density at radius 3 is 2.65 bits per heavy atom. The van der Waals surface area contributed by atoms with Gasteiger partial charge in [-0.1, -0.05) is 38.1 Å². The van der Waals surface area contributed by atoms with E-state index in [0.29, 0.717) is 0 Å². The molecule has 1 nitrogen and oxygen atoms in total. The summed E-state index contributed by atoms with van der Waals surface area (Å²) in [6.45, 7) is 8.85. The van der Waals surface area contributed by atoms with E-state index < -0.39 is 0 Å². The molecule has 1 aliphatic carbocycles. The van der Waals surface area contributed by atoms with Crippen LogP contribution in [0.1, 0.15) is 43.0 Å². The predicted octanol–water partition coefficient (Wildman–Crippen LogP) is 4.03. The van der Waals surface area contributed by atoms with E-state index in [1.54, 1.807) is 0 Å². The Hall–Kier alpha value is -1.37. The van der Waals surface area contributed by atoms with Crippen LogP contribution in [0.3, 0.4) is 0 Å². The standard InChI is InChI=1S/C16H21N/c1-11-14(12(2)17-5)7-6-13-10-16(3,4)9-8-15(11)13/h6-9H,10H2,1-5H3/b17-12+. The van der Waals surface area contributed by atoms with Crippen LogP contribution in [-0.4, -0.2) is 12.8 Å². The summed E-state index contributed by atoms with van der Waals surface area (Å²) >= 11 is 0. The number of rotatable bonds is 1. The summed E-state index contributed by atoms with van der Waals surface area (Å²) in [6, 6.07) is 4.48. The molecule has 0 heterocycles. The molecule has 0 radical (unpaired) electrons. The molecule has 0 atom stereocenters. The van der Waals surface area contributed by atoms with Gasteiger partial charge in [-0.25, -0.2) is 0 Å². The Morgan fingerprint density at radius 1 is 1.29 bits per heavy atom. The van der Waals surface area contributed by atoms with Crippen molar-refractivity contribution in [1.29, 1.82) is 0 Å². The highest BCUT2D eigenvalue weighted by Gasteiger charge is 2.22. The summed E-state index contributed by atoms with van der Waals surface area (Å²) in [4.78, 5) is 4.29. The molecule has 0 amide bonds. The zero-order valence-electron chi connectivity index (χ0n) is 11.5. The second-order valence-electron chi connectivity index (χ2n) is 5.62. The first-order valence-corrected chi connectivity index (χ1v) is 6.20. The lowest BCUT2D eigenvalue weighted by Crippen LogP contribution is -2.17. The minimum Gasteiger partial charge on any atom is -0.293 e. The lowest BCUT2D eigenvalue weighted by Gasteiger charge is -2.27. The van der Waals surface area contributed by atoms with Crippen LogP contribution in [0.15, 0.2) is 23.2 Å². The van der Waals surface area contributed by atoms with E-state index in [9.17, 15) is 0 Å². The molecule has 0 saturated carbocycles. The molecule has 0 bridgehead atoms. The van der Waals surface area contributed by atoms with Crippen LogP contribution >= 0.6 is 0 Å².